The Morgan fingerprint density at radius 3 is 1.35 bits per heavy atom. The third kappa shape index (κ3) is 6.30. The van der Waals surface area contributed by atoms with E-state index < -0.39 is 5.41 Å². The average Bonchev–Trinajstić information content (AvgIpc) is 2.14. The fraction of sp³-hybridized carbons (Fsp3) is 0.0789. The number of furan rings is 2. The van der Waals surface area contributed by atoms with Crippen molar-refractivity contribution in [3.8, 4) is 11.1 Å². The topological polar surface area (TPSA) is 32.8 Å². The lowest BCUT2D eigenvalue weighted by atomic mass is 9.55. The minimum absolute atomic E-state index is 0.318. The highest BCUT2D eigenvalue weighted by Crippen LogP contribution is 2.67. The Balaban J connectivity index is 1.07. The molecule has 2 aliphatic carbocycles. The van der Waals surface area contributed by atoms with E-state index in [0.717, 1.165) is 83.4 Å². The molecule has 0 amide bonds. The normalized spacial score (nSPS) is 13.9. The third-order valence-electron chi connectivity index (χ3n) is 18.0. The molecule has 81 heavy (non-hydrogen) atoms. The van der Waals surface area contributed by atoms with Gasteiger partial charge in [-0.2, -0.15) is 0 Å². The summed E-state index contributed by atoms with van der Waals surface area (Å²) in [4.78, 5) is 4.98. The van der Waals surface area contributed by atoms with Gasteiger partial charge in [0, 0.05) is 69.5 Å². The highest BCUT2D eigenvalue weighted by Gasteiger charge is 2.55. The van der Waals surface area contributed by atoms with Crippen LogP contribution in [0.3, 0.4) is 0 Å². The molecule has 5 heteroatoms. The summed E-state index contributed by atoms with van der Waals surface area (Å²) in [6.45, 7) is 9.17. The minimum atomic E-state index is -0.806. The van der Waals surface area contributed by atoms with Crippen molar-refractivity contribution in [1.29, 1.82) is 0 Å². The van der Waals surface area contributed by atoms with Gasteiger partial charge in [0.1, 0.15) is 11.2 Å². The fourth-order valence-electron chi connectivity index (χ4n) is 14.5. The van der Waals surface area contributed by atoms with Crippen LogP contribution in [0.5, 0.6) is 0 Å². The maximum Gasteiger partial charge on any atom is 0.159 e. The van der Waals surface area contributed by atoms with Gasteiger partial charge in [0.25, 0.3) is 0 Å². The number of thiophene rings is 1. The molecule has 0 fully saturated rings. The van der Waals surface area contributed by atoms with Gasteiger partial charge in [0.2, 0.25) is 0 Å². The summed E-state index contributed by atoms with van der Waals surface area (Å²) in [7, 11) is 0. The van der Waals surface area contributed by atoms with Gasteiger partial charge in [0.15, 0.2) is 11.2 Å². The molecule has 12 aromatic carbocycles. The largest absolute Gasteiger partial charge is 0.454 e. The number of benzene rings is 12. The van der Waals surface area contributed by atoms with Crippen molar-refractivity contribution in [3.63, 3.8) is 0 Å². The summed E-state index contributed by atoms with van der Waals surface area (Å²) < 4.78 is 16.5. The Kier molecular flexibility index (Phi) is 9.66. The van der Waals surface area contributed by atoms with Crippen LogP contribution < -0.4 is 9.80 Å². The first kappa shape index (κ1) is 46.3. The Hall–Kier alpha value is -9.68. The lowest BCUT2D eigenvalue weighted by molar-refractivity contribution is 0.563. The van der Waals surface area contributed by atoms with Crippen molar-refractivity contribution in [3.05, 3.63) is 287 Å². The van der Waals surface area contributed by atoms with Crippen LogP contribution in [-0.4, -0.2) is 0 Å². The lowest BCUT2D eigenvalue weighted by Crippen LogP contribution is -2.40. The van der Waals surface area contributed by atoms with Gasteiger partial charge < -0.3 is 18.6 Å². The fourth-order valence-corrected chi connectivity index (χ4v) is 15.7. The maximum atomic E-state index is 7.04. The first-order valence-electron chi connectivity index (χ1n) is 28.1. The van der Waals surface area contributed by atoms with Gasteiger partial charge in [-0.3, -0.25) is 0 Å². The summed E-state index contributed by atoms with van der Waals surface area (Å²) in [6, 6.07) is 90.3. The van der Waals surface area contributed by atoms with Crippen LogP contribution in [0.25, 0.3) is 85.9 Å². The molecule has 0 saturated carbocycles. The summed E-state index contributed by atoms with van der Waals surface area (Å²) in [5, 5.41) is 9.17. The smallest absolute Gasteiger partial charge is 0.159 e. The second kappa shape index (κ2) is 16.9. The quantitative estimate of drug-likeness (QED) is 0.166. The molecule has 0 atom stereocenters. The molecule has 1 spiro atoms. The number of para-hydroxylation sites is 4. The Morgan fingerprint density at radius 1 is 0.346 bits per heavy atom. The van der Waals surface area contributed by atoms with E-state index in [-0.39, 0.29) is 5.41 Å². The van der Waals surface area contributed by atoms with Crippen LogP contribution in [0.1, 0.15) is 58.4 Å². The zero-order valence-electron chi connectivity index (χ0n) is 45.2. The molecule has 0 unspecified atom stereocenters. The molecule has 0 aliphatic heterocycles. The predicted octanol–water partition coefficient (Wildman–Crippen LogP) is 21.6. The maximum absolute atomic E-state index is 7.04. The molecule has 17 rings (SSSR count). The number of hydrogen-bond acceptors (Lipinski definition) is 5. The molecule has 3 heterocycles. The summed E-state index contributed by atoms with van der Waals surface area (Å²) >= 11 is 1.92. The second-order valence-corrected chi connectivity index (χ2v) is 23.8. The molecule has 0 radical (unpaired) electrons. The van der Waals surface area contributed by atoms with E-state index in [1.165, 1.54) is 81.2 Å². The van der Waals surface area contributed by atoms with Gasteiger partial charge in [-0.25, -0.2) is 0 Å². The van der Waals surface area contributed by atoms with E-state index in [0.29, 0.717) is 0 Å². The second-order valence-electron chi connectivity index (χ2n) is 22.8. The van der Waals surface area contributed by atoms with E-state index in [4.69, 9.17) is 8.83 Å². The van der Waals surface area contributed by atoms with Crippen molar-refractivity contribution in [2.75, 3.05) is 9.80 Å². The van der Waals surface area contributed by atoms with Crippen molar-refractivity contribution in [2.45, 2.75) is 38.5 Å². The molecule has 0 saturated heterocycles. The first-order valence-corrected chi connectivity index (χ1v) is 28.9. The van der Waals surface area contributed by atoms with Gasteiger partial charge in [-0.05, 0) is 125 Å². The van der Waals surface area contributed by atoms with Gasteiger partial charge >= 0.3 is 0 Å². The van der Waals surface area contributed by atoms with E-state index in [2.05, 4.69) is 280 Å². The molecular formula is C76H52N2O2S. The molecule has 2 aliphatic rings. The SMILES string of the molecule is Cc1ccc(N(c2cc3c(c4ccccc24)-c2c(cc(N(c4ccc(C)cc4)c4cccc5c4oc4ccccc45)c4c2sc2ccccc24)C32c3ccccc3C(C)(C)c3ccccc32)c2cccc3c2oc2ccccc23)cc1. The summed E-state index contributed by atoms with van der Waals surface area (Å²) in [6.07, 6.45) is 0. The number of fused-ring (bicyclic) bond motifs is 21. The molecule has 3 aromatic heterocycles. The summed E-state index contributed by atoms with van der Waals surface area (Å²) in [5.74, 6) is 0. The first-order chi connectivity index (χ1) is 39.8. The van der Waals surface area contributed by atoms with Crippen molar-refractivity contribution >= 4 is 120 Å². The number of nitrogens with zero attached hydrogens (tertiary/aromatic N) is 2. The molecule has 15 aromatic rings. The van der Waals surface area contributed by atoms with Gasteiger partial charge in [-0.1, -0.05) is 201 Å². The lowest BCUT2D eigenvalue weighted by Gasteiger charge is -2.47. The van der Waals surface area contributed by atoms with E-state index in [1.807, 2.05) is 11.3 Å². The predicted molar refractivity (Wildman–Crippen MR) is 340 cm³/mol. The standard InChI is InChI=1S/C76H52N2O2S/c1-45-35-39-47(40-36-45)77(62-30-17-24-53-50-20-7-14-32-66(50)79-72(53)62)64-43-60-69(52-22-6-5-19-49(52)64)71-61(76(60)58-28-12-10-26-56(58)75(3,4)57-27-11-13-29-59(57)76)44-65(70-55-23-9-16-34-68(55)81-74(70)71)78(48-41-37-46(2)38-42-48)63-31-18-25-54-51-21-8-15-33-67(51)80-73(54)63/h5-44H,1-4H3. The molecule has 0 bridgehead atoms. The Labute approximate surface area is 473 Å². The monoisotopic (exact) mass is 1060 g/mol. The minimum Gasteiger partial charge on any atom is -0.454 e. The highest BCUT2D eigenvalue weighted by atomic mass is 32.1. The Bertz CT molecular complexity index is 5080. The van der Waals surface area contributed by atoms with Crippen LogP contribution in [-0.2, 0) is 10.8 Å². The highest BCUT2D eigenvalue weighted by molar-refractivity contribution is 7.26. The third-order valence-corrected chi connectivity index (χ3v) is 19.2. The van der Waals surface area contributed by atoms with Crippen molar-refractivity contribution in [2.24, 2.45) is 0 Å². The molecule has 0 N–H and O–H groups in total. The van der Waals surface area contributed by atoms with E-state index in [9.17, 15) is 0 Å². The van der Waals surface area contributed by atoms with E-state index >= 15 is 0 Å². The zero-order valence-corrected chi connectivity index (χ0v) is 46.0. The number of anilines is 6. The van der Waals surface area contributed by atoms with Crippen molar-refractivity contribution in [1.82, 2.24) is 0 Å². The number of rotatable bonds is 6. The number of hydrogen-bond donors (Lipinski definition) is 0. The molecule has 384 valence electrons. The van der Waals surface area contributed by atoms with Crippen LogP contribution in [0.15, 0.2) is 251 Å². The molecule has 4 nitrogen and oxygen atoms in total. The summed E-state index contributed by atoms with van der Waals surface area (Å²) in [5.41, 5.74) is 21.3. The molecular weight excluding hydrogens is 1000 g/mol. The van der Waals surface area contributed by atoms with Crippen molar-refractivity contribution < 1.29 is 8.83 Å². The van der Waals surface area contributed by atoms with Gasteiger partial charge in [0.05, 0.1) is 28.2 Å². The number of aryl methyl sites for hydroxylation is 2. The average molecular weight is 1060 g/mol. The van der Waals surface area contributed by atoms with Gasteiger partial charge in [-0.15, -0.1) is 11.3 Å². The van der Waals surface area contributed by atoms with Crippen LogP contribution in [0.4, 0.5) is 34.1 Å². The zero-order chi connectivity index (χ0) is 53.9. The Morgan fingerprint density at radius 2 is 0.778 bits per heavy atom. The van der Waals surface area contributed by atoms with Crippen LogP contribution in [0, 0.1) is 13.8 Å². The van der Waals surface area contributed by atoms with Crippen LogP contribution in [0.2, 0.25) is 0 Å². The van der Waals surface area contributed by atoms with E-state index in [1.54, 1.807) is 0 Å². The van der Waals surface area contributed by atoms with Crippen LogP contribution >= 0.6 is 11.3 Å².